The zero-order valence-electron chi connectivity index (χ0n) is 18.6. The Labute approximate surface area is 197 Å². The molecule has 7 nitrogen and oxygen atoms in total. The number of ether oxygens (including phenoxy) is 1. The molecule has 4 rings (SSSR count). The third-order valence-electron chi connectivity index (χ3n) is 6.50. The Morgan fingerprint density at radius 2 is 2.00 bits per heavy atom. The van der Waals surface area contributed by atoms with E-state index >= 15 is 0 Å². The van der Waals surface area contributed by atoms with E-state index in [1.165, 1.54) is 0 Å². The number of nitrogens with zero attached hydrogens (tertiary/aromatic N) is 3. The van der Waals surface area contributed by atoms with Gasteiger partial charge in [-0.3, -0.25) is 0 Å². The molecule has 32 heavy (non-hydrogen) atoms. The van der Waals surface area contributed by atoms with E-state index in [4.69, 9.17) is 26.3 Å². The molecule has 0 unspecified atom stereocenters. The van der Waals surface area contributed by atoms with Crippen molar-refractivity contribution >= 4 is 44.9 Å². The van der Waals surface area contributed by atoms with E-state index in [-0.39, 0.29) is 18.6 Å². The van der Waals surface area contributed by atoms with Crippen LogP contribution in [0.4, 0.5) is 11.8 Å². The molecule has 0 bridgehead atoms. The number of hydrogen-bond donors (Lipinski definition) is 3. The van der Waals surface area contributed by atoms with Crippen LogP contribution in [-0.4, -0.2) is 53.0 Å². The fraction of sp³-hybridized carbons (Fsp3) is 0.522. The standard InChI is InChI=1S/C23H30ClN5O2S/c1-13-14(2)17(11-15(13)12-30)26-21-19(22-27-16-7-4-5-8-18(16)32-22)20(24)28-23(29-21)25-9-6-10-31-3/h4-5,7-8,13-15,17,30H,6,9-12H2,1-3H3,(H2,25,26,28,29)/t13-,14+,15+,17+/m0/s1. The first kappa shape index (κ1) is 23.2. The highest BCUT2D eigenvalue weighted by molar-refractivity contribution is 7.21. The maximum absolute atomic E-state index is 9.78. The topological polar surface area (TPSA) is 92.2 Å². The third kappa shape index (κ3) is 4.83. The lowest BCUT2D eigenvalue weighted by molar-refractivity contribution is 0.191. The molecule has 1 aliphatic rings. The number of aliphatic hydroxyl groups excluding tert-OH is 1. The lowest BCUT2D eigenvalue weighted by atomic mass is 9.92. The first-order valence-electron chi connectivity index (χ1n) is 11.1. The van der Waals surface area contributed by atoms with E-state index in [9.17, 15) is 5.11 Å². The Hall–Kier alpha value is -2.00. The summed E-state index contributed by atoms with van der Waals surface area (Å²) in [7, 11) is 1.69. The van der Waals surface area contributed by atoms with Gasteiger partial charge in [0.05, 0.1) is 15.8 Å². The molecule has 1 aromatic carbocycles. The fourth-order valence-electron chi connectivity index (χ4n) is 4.36. The Morgan fingerprint density at radius 3 is 2.72 bits per heavy atom. The minimum atomic E-state index is 0.183. The van der Waals surface area contributed by atoms with Crippen LogP contribution in [0.15, 0.2) is 24.3 Å². The van der Waals surface area contributed by atoms with Crippen LogP contribution in [-0.2, 0) is 4.74 Å². The average molecular weight is 476 g/mol. The molecule has 1 fully saturated rings. The molecular formula is C23H30ClN5O2S. The van der Waals surface area contributed by atoms with Crippen LogP contribution in [0.25, 0.3) is 20.8 Å². The van der Waals surface area contributed by atoms with Crippen LogP contribution in [0, 0.1) is 17.8 Å². The number of thiazole rings is 1. The minimum Gasteiger partial charge on any atom is -0.396 e. The molecule has 4 atom stereocenters. The second-order valence-corrected chi connectivity index (χ2v) is 9.86. The predicted octanol–water partition coefficient (Wildman–Crippen LogP) is 4.92. The number of benzene rings is 1. The summed E-state index contributed by atoms with van der Waals surface area (Å²) in [6.45, 7) is 5.98. The predicted molar refractivity (Wildman–Crippen MR) is 132 cm³/mol. The van der Waals surface area contributed by atoms with Crippen molar-refractivity contribution in [2.45, 2.75) is 32.7 Å². The van der Waals surface area contributed by atoms with Crippen molar-refractivity contribution in [3.05, 3.63) is 29.4 Å². The number of hydrogen-bond acceptors (Lipinski definition) is 8. The largest absolute Gasteiger partial charge is 0.396 e. The van der Waals surface area contributed by atoms with E-state index in [2.05, 4.69) is 35.5 Å². The summed E-state index contributed by atoms with van der Waals surface area (Å²) in [6.07, 6.45) is 1.73. The Bertz CT molecular complexity index is 1030. The molecule has 0 radical (unpaired) electrons. The van der Waals surface area contributed by atoms with E-state index in [0.717, 1.165) is 33.6 Å². The van der Waals surface area contributed by atoms with Crippen LogP contribution in [0.3, 0.4) is 0 Å². The number of aliphatic hydroxyl groups is 1. The third-order valence-corrected chi connectivity index (χ3v) is 7.83. The summed E-state index contributed by atoms with van der Waals surface area (Å²) < 4.78 is 6.21. The monoisotopic (exact) mass is 475 g/mol. The van der Waals surface area contributed by atoms with Gasteiger partial charge in [0.1, 0.15) is 16.0 Å². The summed E-state index contributed by atoms with van der Waals surface area (Å²) >= 11 is 8.29. The number of methoxy groups -OCH3 is 1. The maximum atomic E-state index is 9.78. The molecule has 1 saturated carbocycles. The highest BCUT2D eigenvalue weighted by atomic mass is 35.5. The summed E-state index contributed by atoms with van der Waals surface area (Å²) in [5.74, 6) is 2.25. The summed E-state index contributed by atoms with van der Waals surface area (Å²) in [5, 5.41) is 17.8. The van der Waals surface area contributed by atoms with Crippen molar-refractivity contribution in [2.75, 3.05) is 37.5 Å². The van der Waals surface area contributed by atoms with Crippen molar-refractivity contribution in [1.82, 2.24) is 15.0 Å². The van der Waals surface area contributed by atoms with Gasteiger partial charge < -0.3 is 20.5 Å². The minimum absolute atomic E-state index is 0.183. The van der Waals surface area contributed by atoms with Crippen LogP contribution < -0.4 is 10.6 Å². The molecule has 0 saturated heterocycles. The second kappa shape index (κ2) is 10.3. The Balaban J connectivity index is 1.69. The zero-order valence-corrected chi connectivity index (χ0v) is 20.2. The first-order valence-corrected chi connectivity index (χ1v) is 12.2. The van der Waals surface area contributed by atoms with E-state index in [1.807, 2.05) is 18.2 Å². The molecule has 0 spiro atoms. The number of rotatable bonds is 9. The number of aromatic nitrogens is 3. The molecule has 3 aromatic rings. The molecule has 1 aliphatic carbocycles. The van der Waals surface area contributed by atoms with Gasteiger partial charge >= 0.3 is 0 Å². The van der Waals surface area contributed by atoms with E-state index in [0.29, 0.717) is 41.9 Å². The van der Waals surface area contributed by atoms with Gasteiger partial charge in [0, 0.05) is 32.9 Å². The molecular weight excluding hydrogens is 446 g/mol. The lowest BCUT2D eigenvalue weighted by Gasteiger charge is -2.22. The van der Waals surface area contributed by atoms with Crippen LogP contribution in [0.2, 0.25) is 5.15 Å². The quantitative estimate of drug-likeness (QED) is 0.299. The molecule has 0 aliphatic heterocycles. The molecule has 172 valence electrons. The van der Waals surface area contributed by atoms with Crippen LogP contribution in [0.5, 0.6) is 0 Å². The first-order chi connectivity index (χ1) is 15.5. The highest BCUT2D eigenvalue weighted by Crippen LogP contribution is 2.42. The Kier molecular flexibility index (Phi) is 7.45. The van der Waals surface area contributed by atoms with Crippen molar-refractivity contribution < 1.29 is 9.84 Å². The van der Waals surface area contributed by atoms with Crippen molar-refractivity contribution in [3.8, 4) is 10.6 Å². The van der Waals surface area contributed by atoms with Crippen molar-refractivity contribution in [3.63, 3.8) is 0 Å². The van der Waals surface area contributed by atoms with Gasteiger partial charge in [-0.25, -0.2) is 9.97 Å². The highest BCUT2D eigenvalue weighted by Gasteiger charge is 2.38. The van der Waals surface area contributed by atoms with Crippen molar-refractivity contribution in [1.29, 1.82) is 0 Å². The van der Waals surface area contributed by atoms with Gasteiger partial charge in [-0.15, -0.1) is 11.3 Å². The van der Waals surface area contributed by atoms with Crippen molar-refractivity contribution in [2.24, 2.45) is 17.8 Å². The van der Waals surface area contributed by atoms with Gasteiger partial charge in [-0.2, -0.15) is 4.98 Å². The summed E-state index contributed by atoms with van der Waals surface area (Å²) in [4.78, 5) is 14.1. The van der Waals surface area contributed by atoms with Gasteiger partial charge in [0.25, 0.3) is 0 Å². The molecule has 9 heteroatoms. The summed E-state index contributed by atoms with van der Waals surface area (Å²) in [5.41, 5.74) is 1.65. The molecule has 2 aromatic heterocycles. The van der Waals surface area contributed by atoms with Crippen LogP contribution in [0.1, 0.15) is 26.7 Å². The van der Waals surface area contributed by atoms with Gasteiger partial charge in [0.15, 0.2) is 0 Å². The second-order valence-electron chi connectivity index (χ2n) is 8.47. The van der Waals surface area contributed by atoms with Gasteiger partial charge in [-0.1, -0.05) is 37.6 Å². The number of fused-ring (bicyclic) bond motifs is 1. The van der Waals surface area contributed by atoms with Crippen LogP contribution >= 0.6 is 22.9 Å². The number of anilines is 2. The molecule has 3 N–H and O–H groups in total. The SMILES string of the molecule is COCCCNc1nc(Cl)c(-c2nc3ccccc3s2)c(N[C@@H]2C[C@H](CO)[C@@H](C)[C@H]2C)n1. The fourth-order valence-corrected chi connectivity index (χ4v) is 5.69. The maximum Gasteiger partial charge on any atom is 0.226 e. The average Bonchev–Trinajstić information content (AvgIpc) is 3.32. The van der Waals surface area contributed by atoms with E-state index < -0.39 is 0 Å². The Morgan fingerprint density at radius 1 is 1.19 bits per heavy atom. The zero-order chi connectivity index (χ0) is 22.7. The van der Waals surface area contributed by atoms with Gasteiger partial charge in [0.2, 0.25) is 5.95 Å². The number of nitrogens with one attached hydrogen (secondary N) is 2. The normalized spacial score (nSPS) is 23.0. The number of halogens is 1. The smallest absolute Gasteiger partial charge is 0.226 e. The number of para-hydroxylation sites is 1. The lowest BCUT2D eigenvalue weighted by Crippen LogP contribution is -2.25. The molecule has 0 amide bonds. The summed E-state index contributed by atoms with van der Waals surface area (Å²) in [6, 6.07) is 8.21. The molecule has 2 heterocycles. The van der Waals surface area contributed by atoms with E-state index in [1.54, 1.807) is 18.4 Å². The van der Waals surface area contributed by atoms with Gasteiger partial charge in [-0.05, 0) is 42.7 Å².